The van der Waals surface area contributed by atoms with Crippen LogP contribution in [0, 0.1) is 0 Å². The molecule has 190 valence electrons. The third kappa shape index (κ3) is 5.54. The molecule has 3 aromatic rings. The van der Waals surface area contributed by atoms with Crippen molar-refractivity contribution in [1.29, 1.82) is 0 Å². The Hall–Kier alpha value is -3.80. The molecule has 1 aliphatic rings. The number of rotatable bonds is 8. The van der Waals surface area contributed by atoms with E-state index >= 15 is 0 Å². The van der Waals surface area contributed by atoms with E-state index in [1.54, 1.807) is 29.6 Å². The minimum atomic E-state index is -4.45. The molecule has 1 saturated heterocycles. The van der Waals surface area contributed by atoms with Gasteiger partial charge in [-0.25, -0.2) is 9.78 Å². The van der Waals surface area contributed by atoms with Crippen LogP contribution >= 0.6 is 11.3 Å². The standard InChI is InChI=1S/C24H23F3N4O4S/c1-34-19-7-6-15(11-20(19)35-2)12-28-21(32)18-14-36-22(29-18)31-9-8-30(23(31)33)13-16-4-3-5-17(10-16)24(25,26)27/h3-7,10-11,14H,8-9,12-13H2,1-2H3,(H,28,32). The zero-order valence-electron chi connectivity index (χ0n) is 19.5. The van der Waals surface area contributed by atoms with Crippen LogP contribution in [0.1, 0.15) is 27.2 Å². The van der Waals surface area contributed by atoms with Gasteiger partial charge in [0.25, 0.3) is 5.91 Å². The van der Waals surface area contributed by atoms with Gasteiger partial charge >= 0.3 is 12.2 Å². The first-order valence-corrected chi connectivity index (χ1v) is 11.7. The van der Waals surface area contributed by atoms with E-state index in [9.17, 15) is 22.8 Å². The molecule has 4 rings (SSSR count). The second-order valence-electron chi connectivity index (χ2n) is 7.94. The monoisotopic (exact) mass is 520 g/mol. The molecule has 12 heteroatoms. The Morgan fingerprint density at radius 3 is 2.58 bits per heavy atom. The average Bonchev–Trinajstić information content (AvgIpc) is 3.49. The number of benzene rings is 2. The first-order chi connectivity index (χ1) is 17.2. The summed E-state index contributed by atoms with van der Waals surface area (Å²) < 4.78 is 49.4. The summed E-state index contributed by atoms with van der Waals surface area (Å²) in [5, 5.41) is 4.69. The number of nitrogens with one attached hydrogen (secondary N) is 1. The van der Waals surface area contributed by atoms with Gasteiger partial charge in [-0.1, -0.05) is 18.2 Å². The Morgan fingerprint density at radius 1 is 1.08 bits per heavy atom. The van der Waals surface area contributed by atoms with Crippen LogP contribution in [-0.4, -0.2) is 49.1 Å². The van der Waals surface area contributed by atoms with Crippen LogP contribution < -0.4 is 19.7 Å². The molecule has 0 spiro atoms. The van der Waals surface area contributed by atoms with Crippen molar-refractivity contribution in [2.24, 2.45) is 0 Å². The zero-order chi connectivity index (χ0) is 25.9. The topological polar surface area (TPSA) is 84.0 Å². The number of nitrogens with zero attached hydrogens (tertiary/aromatic N) is 3. The number of carbonyl (C=O) groups excluding carboxylic acids is 2. The maximum Gasteiger partial charge on any atom is 0.416 e. The molecule has 2 heterocycles. The molecule has 0 unspecified atom stereocenters. The van der Waals surface area contributed by atoms with Gasteiger partial charge in [0, 0.05) is 31.6 Å². The van der Waals surface area contributed by atoms with E-state index < -0.39 is 17.6 Å². The van der Waals surface area contributed by atoms with Crippen molar-refractivity contribution in [3.63, 3.8) is 0 Å². The first kappa shape index (κ1) is 25.3. The predicted octanol–water partition coefficient (Wildman–Crippen LogP) is 4.55. The highest BCUT2D eigenvalue weighted by molar-refractivity contribution is 7.14. The highest BCUT2D eigenvalue weighted by Gasteiger charge is 2.33. The molecule has 1 fully saturated rings. The van der Waals surface area contributed by atoms with Gasteiger partial charge < -0.3 is 19.7 Å². The van der Waals surface area contributed by atoms with Gasteiger partial charge in [-0.3, -0.25) is 9.69 Å². The summed E-state index contributed by atoms with van der Waals surface area (Å²) in [6.45, 7) is 0.927. The van der Waals surface area contributed by atoms with Crippen molar-refractivity contribution in [3.05, 3.63) is 70.2 Å². The molecule has 1 N–H and O–H groups in total. The number of halogens is 3. The van der Waals surface area contributed by atoms with Gasteiger partial charge in [-0.15, -0.1) is 11.3 Å². The molecule has 2 aromatic carbocycles. The summed E-state index contributed by atoms with van der Waals surface area (Å²) in [6, 6.07) is 9.84. The van der Waals surface area contributed by atoms with Crippen molar-refractivity contribution in [2.75, 3.05) is 32.2 Å². The fourth-order valence-electron chi connectivity index (χ4n) is 3.73. The molecule has 36 heavy (non-hydrogen) atoms. The molecule has 0 radical (unpaired) electrons. The summed E-state index contributed by atoms with van der Waals surface area (Å²) in [6.07, 6.45) is -4.45. The maximum atomic E-state index is 13.0. The van der Waals surface area contributed by atoms with Crippen LogP contribution in [0.15, 0.2) is 47.8 Å². The number of aromatic nitrogens is 1. The van der Waals surface area contributed by atoms with Crippen LogP contribution in [0.2, 0.25) is 0 Å². The van der Waals surface area contributed by atoms with E-state index in [2.05, 4.69) is 10.3 Å². The van der Waals surface area contributed by atoms with E-state index in [-0.39, 0.29) is 24.8 Å². The van der Waals surface area contributed by atoms with Crippen molar-refractivity contribution >= 4 is 28.4 Å². The molecule has 1 aromatic heterocycles. The van der Waals surface area contributed by atoms with Gasteiger partial charge in [-0.05, 0) is 35.4 Å². The van der Waals surface area contributed by atoms with Crippen molar-refractivity contribution in [2.45, 2.75) is 19.3 Å². The molecule has 0 bridgehead atoms. The Balaban J connectivity index is 1.37. The number of methoxy groups -OCH3 is 2. The number of amides is 3. The number of hydrogen-bond acceptors (Lipinski definition) is 6. The van der Waals surface area contributed by atoms with E-state index in [4.69, 9.17) is 9.47 Å². The Labute approximate surface area is 209 Å². The van der Waals surface area contributed by atoms with Crippen molar-refractivity contribution < 1.29 is 32.2 Å². The third-order valence-electron chi connectivity index (χ3n) is 5.58. The maximum absolute atomic E-state index is 13.0. The lowest BCUT2D eigenvalue weighted by molar-refractivity contribution is -0.137. The Kier molecular flexibility index (Phi) is 7.34. The van der Waals surface area contributed by atoms with Gasteiger partial charge in [0.05, 0.1) is 19.8 Å². The van der Waals surface area contributed by atoms with E-state index in [1.165, 1.54) is 30.1 Å². The Morgan fingerprint density at radius 2 is 1.86 bits per heavy atom. The number of anilines is 1. The summed E-state index contributed by atoms with van der Waals surface area (Å²) in [5.41, 5.74) is 0.595. The molecular formula is C24H23F3N4O4S. The fourth-order valence-corrected chi connectivity index (χ4v) is 4.55. The van der Waals surface area contributed by atoms with Gasteiger partial charge in [0.15, 0.2) is 16.6 Å². The SMILES string of the molecule is COc1ccc(CNC(=O)c2csc(N3CCN(Cc4cccc(C(F)(F)F)c4)C3=O)n2)cc1OC. The van der Waals surface area contributed by atoms with Crippen molar-refractivity contribution in [1.82, 2.24) is 15.2 Å². The number of alkyl halides is 3. The first-order valence-electron chi connectivity index (χ1n) is 10.9. The van der Waals surface area contributed by atoms with Crippen LogP contribution in [0.3, 0.4) is 0 Å². The summed E-state index contributed by atoms with van der Waals surface area (Å²) >= 11 is 1.15. The number of thiazole rings is 1. The summed E-state index contributed by atoms with van der Waals surface area (Å²) in [5.74, 6) is 0.719. The number of carbonyl (C=O) groups is 2. The molecule has 3 amide bonds. The van der Waals surface area contributed by atoms with Crippen LogP contribution in [0.25, 0.3) is 0 Å². The molecular weight excluding hydrogens is 497 g/mol. The molecule has 0 saturated carbocycles. The highest BCUT2D eigenvalue weighted by atomic mass is 32.1. The van der Waals surface area contributed by atoms with Crippen molar-refractivity contribution in [3.8, 4) is 11.5 Å². The van der Waals surface area contributed by atoms with Crippen LogP contribution in [0.4, 0.5) is 23.1 Å². The van der Waals surface area contributed by atoms with E-state index in [0.717, 1.165) is 29.0 Å². The van der Waals surface area contributed by atoms with E-state index in [0.29, 0.717) is 35.3 Å². The molecule has 1 aliphatic heterocycles. The lowest BCUT2D eigenvalue weighted by atomic mass is 10.1. The largest absolute Gasteiger partial charge is 0.493 e. The Bertz CT molecular complexity index is 1260. The number of hydrogen-bond donors (Lipinski definition) is 1. The number of ether oxygens (including phenoxy) is 2. The molecule has 0 aliphatic carbocycles. The second-order valence-corrected chi connectivity index (χ2v) is 8.78. The predicted molar refractivity (Wildman–Crippen MR) is 127 cm³/mol. The third-order valence-corrected chi connectivity index (χ3v) is 6.44. The molecule has 8 nitrogen and oxygen atoms in total. The van der Waals surface area contributed by atoms with Gasteiger partial charge in [0.1, 0.15) is 5.69 Å². The zero-order valence-corrected chi connectivity index (χ0v) is 20.3. The summed E-state index contributed by atoms with van der Waals surface area (Å²) in [4.78, 5) is 32.6. The molecule has 0 atom stereocenters. The highest BCUT2D eigenvalue weighted by Crippen LogP contribution is 2.31. The quantitative estimate of drug-likeness (QED) is 0.471. The van der Waals surface area contributed by atoms with Crippen LogP contribution in [-0.2, 0) is 19.3 Å². The lowest BCUT2D eigenvalue weighted by Gasteiger charge is -2.17. The van der Waals surface area contributed by atoms with Gasteiger partial charge in [0.2, 0.25) is 0 Å². The average molecular weight is 521 g/mol. The fraction of sp³-hybridized carbons (Fsp3) is 0.292. The van der Waals surface area contributed by atoms with Crippen LogP contribution in [0.5, 0.6) is 11.5 Å². The smallest absolute Gasteiger partial charge is 0.416 e. The minimum absolute atomic E-state index is 0.0449. The summed E-state index contributed by atoms with van der Waals surface area (Å²) in [7, 11) is 3.06. The van der Waals surface area contributed by atoms with E-state index in [1.807, 2.05) is 0 Å². The lowest BCUT2D eigenvalue weighted by Crippen LogP contribution is -2.31. The van der Waals surface area contributed by atoms with Gasteiger partial charge in [-0.2, -0.15) is 13.2 Å². The second kappa shape index (κ2) is 10.4. The minimum Gasteiger partial charge on any atom is -0.493 e. The normalized spacial score (nSPS) is 13.8. The number of urea groups is 1.